The first-order valence-corrected chi connectivity index (χ1v) is 7.04. The van der Waals surface area contributed by atoms with E-state index in [1.807, 2.05) is 30.3 Å². The fourth-order valence-electron chi connectivity index (χ4n) is 2.50. The van der Waals surface area contributed by atoms with Crippen LogP contribution in [-0.4, -0.2) is 13.2 Å². The Bertz CT molecular complexity index is 542. The van der Waals surface area contributed by atoms with Gasteiger partial charge in [-0.25, -0.2) is 5.48 Å². The van der Waals surface area contributed by atoms with Gasteiger partial charge in [-0.15, -0.1) is 0 Å². The summed E-state index contributed by atoms with van der Waals surface area (Å²) in [6, 6.07) is 18.4. The maximum absolute atomic E-state index is 5.66. The molecule has 0 bridgehead atoms. The second-order valence-electron chi connectivity index (χ2n) is 4.99. The van der Waals surface area contributed by atoms with E-state index >= 15 is 0 Å². The van der Waals surface area contributed by atoms with Crippen molar-refractivity contribution in [2.75, 3.05) is 13.2 Å². The molecule has 0 saturated carbocycles. The van der Waals surface area contributed by atoms with Gasteiger partial charge >= 0.3 is 0 Å². The predicted octanol–water partition coefficient (Wildman–Crippen LogP) is 3.27. The molecule has 2 aromatic carbocycles. The zero-order valence-corrected chi connectivity index (χ0v) is 11.4. The molecule has 1 atom stereocenters. The van der Waals surface area contributed by atoms with Gasteiger partial charge in [0.15, 0.2) is 0 Å². The first-order chi connectivity index (χ1) is 9.93. The molecular formula is C17H19NO2. The minimum atomic E-state index is 0.454. The minimum absolute atomic E-state index is 0.454. The Labute approximate surface area is 119 Å². The van der Waals surface area contributed by atoms with Crippen LogP contribution >= 0.6 is 0 Å². The molecule has 0 saturated heterocycles. The van der Waals surface area contributed by atoms with E-state index in [9.17, 15) is 0 Å². The van der Waals surface area contributed by atoms with Crippen LogP contribution in [-0.2, 0) is 11.4 Å². The van der Waals surface area contributed by atoms with Gasteiger partial charge in [0.2, 0.25) is 0 Å². The average molecular weight is 269 g/mol. The van der Waals surface area contributed by atoms with E-state index < -0.39 is 0 Å². The van der Waals surface area contributed by atoms with E-state index in [0.29, 0.717) is 12.5 Å². The van der Waals surface area contributed by atoms with Crippen LogP contribution < -0.4 is 10.2 Å². The van der Waals surface area contributed by atoms with E-state index in [-0.39, 0.29) is 0 Å². The molecule has 1 aliphatic rings. The maximum atomic E-state index is 5.66. The largest absolute Gasteiger partial charge is 0.493 e. The zero-order valence-electron chi connectivity index (χ0n) is 11.4. The lowest BCUT2D eigenvalue weighted by atomic mass is 9.93. The highest BCUT2D eigenvalue weighted by atomic mass is 16.6. The van der Waals surface area contributed by atoms with Crippen molar-refractivity contribution >= 4 is 0 Å². The molecule has 0 radical (unpaired) electrons. The lowest BCUT2D eigenvalue weighted by molar-refractivity contribution is 0.0224. The smallest absolute Gasteiger partial charge is 0.122 e. The van der Waals surface area contributed by atoms with Gasteiger partial charge in [0.1, 0.15) is 5.75 Å². The van der Waals surface area contributed by atoms with E-state index in [2.05, 4.69) is 29.7 Å². The van der Waals surface area contributed by atoms with Crippen LogP contribution in [0.2, 0.25) is 0 Å². The number of hydrogen-bond donors (Lipinski definition) is 1. The normalized spacial score (nSPS) is 17.3. The molecule has 0 fully saturated rings. The Balaban J connectivity index is 1.50. The van der Waals surface area contributed by atoms with Crippen molar-refractivity contribution in [3.63, 3.8) is 0 Å². The standard InChI is InChI=1S/C17H19NO2/c1-2-6-14(7-3-1)13-20-18-12-15-10-11-19-17-9-5-4-8-16(15)17/h1-9,15,18H,10-13H2. The summed E-state index contributed by atoms with van der Waals surface area (Å²) in [6.07, 6.45) is 1.03. The van der Waals surface area contributed by atoms with E-state index in [0.717, 1.165) is 25.3 Å². The minimum Gasteiger partial charge on any atom is -0.493 e. The Kier molecular flexibility index (Phi) is 4.31. The molecule has 3 heteroatoms. The second kappa shape index (κ2) is 6.55. The summed E-state index contributed by atoms with van der Waals surface area (Å²) in [6.45, 7) is 2.18. The van der Waals surface area contributed by atoms with E-state index in [1.165, 1.54) is 11.1 Å². The number of fused-ring (bicyclic) bond motifs is 1. The highest BCUT2D eigenvalue weighted by molar-refractivity contribution is 5.37. The van der Waals surface area contributed by atoms with Crippen LogP contribution in [0.1, 0.15) is 23.5 Å². The van der Waals surface area contributed by atoms with Crippen molar-refractivity contribution in [2.24, 2.45) is 0 Å². The molecular weight excluding hydrogens is 250 g/mol. The fraction of sp³-hybridized carbons (Fsp3) is 0.294. The van der Waals surface area contributed by atoms with Crippen LogP contribution in [0.5, 0.6) is 5.75 Å². The zero-order chi connectivity index (χ0) is 13.6. The van der Waals surface area contributed by atoms with Gasteiger partial charge in [0, 0.05) is 12.5 Å². The van der Waals surface area contributed by atoms with Crippen LogP contribution in [0, 0.1) is 0 Å². The number of nitrogens with one attached hydrogen (secondary N) is 1. The van der Waals surface area contributed by atoms with Gasteiger partial charge in [-0.05, 0) is 23.6 Å². The van der Waals surface area contributed by atoms with Crippen molar-refractivity contribution in [2.45, 2.75) is 18.9 Å². The number of benzene rings is 2. The molecule has 1 unspecified atom stereocenters. The average Bonchev–Trinajstić information content (AvgIpc) is 2.53. The van der Waals surface area contributed by atoms with Crippen molar-refractivity contribution < 1.29 is 9.57 Å². The third kappa shape index (κ3) is 3.18. The van der Waals surface area contributed by atoms with Gasteiger partial charge in [-0.3, -0.25) is 4.84 Å². The van der Waals surface area contributed by atoms with Crippen LogP contribution in [0.25, 0.3) is 0 Å². The summed E-state index contributed by atoms with van der Waals surface area (Å²) in [7, 11) is 0. The molecule has 1 N–H and O–H groups in total. The number of hydrogen-bond acceptors (Lipinski definition) is 3. The van der Waals surface area contributed by atoms with Gasteiger partial charge in [0.25, 0.3) is 0 Å². The number of para-hydroxylation sites is 1. The van der Waals surface area contributed by atoms with Gasteiger partial charge in [0.05, 0.1) is 13.2 Å². The Hall–Kier alpha value is -1.84. The maximum Gasteiger partial charge on any atom is 0.122 e. The molecule has 0 aliphatic carbocycles. The predicted molar refractivity (Wildman–Crippen MR) is 78.5 cm³/mol. The summed E-state index contributed by atoms with van der Waals surface area (Å²) in [5.41, 5.74) is 5.54. The quantitative estimate of drug-likeness (QED) is 0.667. The first kappa shape index (κ1) is 13.2. The molecule has 104 valence electrons. The van der Waals surface area contributed by atoms with Gasteiger partial charge in [-0.1, -0.05) is 48.5 Å². The third-order valence-electron chi connectivity index (χ3n) is 3.60. The SMILES string of the molecule is c1ccc(CONCC2CCOc3ccccc32)cc1. The number of hydroxylamine groups is 1. The first-order valence-electron chi connectivity index (χ1n) is 7.04. The monoisotopic (exact) mass is 269 g/mol. The van der Waals surface area contributed by atoms with Crippen LogP contribution in [0.15, 0.2) is 54.6 Å². The molecule has 3 nitrogen and oxygen atoms in total. The summed E-state index contributed by atoms with van der Waals surface area (Å²) < 4.78 is 5.66. The number of ether oxygens (including phenoxy) is 1. The number of rotatable bonds is 5. The molecule has 0 amide bonds. The van der Waals surface area contributed by atoms with Crippen molar-refractivity contribution in [3.05, 3.63) is 65.7 Å². The van der Waals surface area contributed by atoms with E-state index in [4.69, 9.17) is 9.57 Å². The molecule has 1 aliphatic heterocycles. The fourth-order valence-corrected chi connectivity index (χ4v) is 2.50. The van der Waals surface area contributed by atoms with Crippen molar-refractivity contribution in [3.8, 4) is 5.75 Å². The van der Waals surface area contributed by atoms with Crippen LogP contribution in [0.4, 0.5) is 0 Å². The summed E-state index contributed by atoms with van der Waals surface area (Å²) >= 11 is 0. The summed E-state index contributed by atoms with van der Waals surface area (Å²) in [4.78, 5) is 5.55. The lowest BCUT2D eigenvalue weighted by Gasteiger charge is -2.25. The Morgan fingerprint density at radius 3 is 2.75 bits per heavy atom. The van der Waals surface area contributed by atoms with Crippen molar-refractivity contribution in [1.82, 2.24) is 5.48 Å². The third-order valence-corrected chi connectivity index (χ3v) is 3.60. The highest BCUT2D eigenvalue weighted by Gasteiger charge is 2.20. The van der Waals surface area contributed by atoms with E-state index in [1.54, 1.807) is 0 Å². The second-order valence-corrected chi connectivity index (χ2v) is 4.99. The van der Waals surface area contributed by atoms with Gasteiger partial charge in [-0.2, -0.15) is 0 Å². The molecule has 0 spiro atoms. The van der Waals surface area contributed by atoms with Crippen LogP contribution in [0.3, 0.4) is 0 Å². The molecule has 2 aromatic rings. The Morgan fingerprint density at radius 2 is 1.85 bits per heavy atom. The van der Waals surface area contributed by atoms with Crippen molar-refractivity contribution in [1.29, 1.82) is 0 Å². The van der Waals surface area contributed by atoms with Gasteiger partial charge < -0.3 is 4.74 Å². The summed E-state index contributed by atoms with van der Waals surface area (Å²) in [5, 5.41) is 0. The molecule has 20 heavy (non-hydrogen) atoms. The molecule has 0 aromatic heterocycles. The Morgan fingerprint density at radius 1 is 1.05 bits per heavy atom. The topological polar surface area (TPSA) is 30.5 Å². The molecule has 1 heterocycles. The molecule has 3 rings (SSSR count). The summed E-state index contributed by atoms with van der Waals surface area (Å²) in [5.74, 6) is 1.46. The highest BCUT2D eigenvalue weighted by Crippen LogP contribution is 2.32. The lowest BCUT2D eigenvalue weighted by Crippen LogP contribution is -2.26.